The quantitative estimate of drug-likeness (QED) is 0.838. The largest absolute Gasteiger partial charge is 0.478 e. The van der Waals surface area contributed by atoms with Gasteiger partial charge in [-0.3, -0.25) is 0 Å². The van der Waals surface area contributed by atoms with Gasteiger partial charge in [-0.1, -0.05) is 44.5 Å². The highest BCUT2D eigenvalue weighted by molar-refractivity contribution is 5.88. The molecule has 0 atom stereocenters. The average Bonchev–Trinajstić information content (AvgIpc) is 2.55. The first kappa shape index (κ1) is 16.7. The van der Waals surface area contributed by atoms with Crippen molar-refractivity contribution in [2.45, 2.75) is 32.1 Å². The molecule has 0 aliphatic rings. The maximum absolute atomic E-state index is 11.0. The Morgan fingerprint density at radius 1 is 0.826 bits per heavy atom. The number of rotatable bonds is 6. The molecule has 0 heterocycles. The molecule has 0 unspecified atom stereocenters. The minimum atomic E-state index is -0.945. The summed E-state index contributed by atoms with van der Waals surface area (Å²) < 4.78 is 0. The molecule has 0 saturated carbocycles. The first-order valence-corrected chi connectivity index (χ1v) is 7.56. The summed E-state index contributed by atoms with van der Waals surface area (Å²) in [4.78, 5) is 22.0. The van der Waals surface area contributed by atoms with E-state index in [4.69, 9.17) is 10.2 Å². The molecule has 2 aromatic rings. The zero-order valence-corrected chi connectivity index (χ0v) is 13.2. The summed E-state index contributed by atoms with van der Waals surface area (Å²) in [6, 6.07) is 13.8. The lowest BCUT2D eigenvalue weighted by Gasteiger charge is -2.31. The van der Waals surface area contributed by atoms with Gasteiger partial charge in [0.1, 0.15) is 0 Å². The van der Waals surface area contributed by atoms with E-state index >= 15 is 0 Å². The van der Waals surface area contributed by atoms with E-state index in [1.165, 1.54) is 0 Å². The smallest absolute Gasteiger partial charge is 0.335 e. The Balaban J connectivity index is 2.45. The molecule has 0 radical (unpaired) electrons. The lowest BCUT2D eigenvalue weighted by Crippen LogP contribution is -2.23. The van der Waals surface area contributed by atoms with Crippen molar-refractivity contribution in [1.82, 2.24) is 0 Å². The number of carbonyl (C=O) groups is 2. The minimum Gasteiger partial charge on any atom is -0.478 e. The van der Waals surface area contributed by atoms with E-state index in [1.807, 2.05) is 24.3 Å². The Morgan fingerprint density at radius 2 is 1.17 bits per heavy atom. The summed E-state index contributed by atoms with van der Waals surface area (Å²) in [5, 5.41) is 18.1. The molecule has 0 fully saturated rings. The summed E-state index contributed by atoms with van der Waals surface area (Å²) in [5.74, 6) is -1.89. The van der Waals surface area contributed by atoms with Crippen LogP contribution in [-0.4, -0.2) is 22.2 Å². The highest BCUT2D eigenvalue weighted by Crippen LogP contribution is 2.36. The molecule has 4 nitrogen and oxygen atoms in total. The van der Waals surface area contributed by atoms with Crippen LogP contribution in [0.2, 0.25) is 0 Å². The first-order valence-electron chi connectivity index (χ1n) is 7.56. The fraction of sp³-hybridized carbons (Fsp3) is 0.263. The van der Waals surface area contributed by atoms with Crippen molar-refractivity contribution in [3.8, 4) is 0 Å². The van der Waals surface area contributed by atoms with Gasteiger partial charge in [0, 0.05) is 5.41 Å². The summed E-state index contributed by atoms with van der Waals surface area (Å²) in [5.41, 5.74) is 2.27. The topological polar surface area (TPSA) is 74.6 Å². The van der Waals surface area contributed by atoms with Crippen molar-refractivity contribution in [3.05, 3.63) is 70.8 Å². The molecule has 4 heteroatoms. The SMILES string of the molecule is CCCC(C)(c1ccc(C(=O)O)cc1)c1ccc(C(=O)O)cc1. The second kappa shape index (κ2) is 6.65. The molecule has 0 aliphatic heterocycles. The van der Waals surface area contributed by atoms with Crippen molar-refractivity contribution in [2.75, 3.05) is 0 Å². The van der Waals surface area contributed by atoms with Crippen LogP contribution in [0.25, 0.3) is 0 Å². The lowest BCUT2D eigenvalue weighted by atomic mass is 9.73. The predicted molar refractivity (Wildman–Crippen MR) is 88.2 cm³/mol. The number of aromatic carboxylic acids is 2. The van der Waals surface area contributed by atoms with Crippen LogP contribution < -0.4 is 0 Å². The standard InChI is InChI=1S/C19H20O4/c1-3-12-19(2,15-8-4-13(5-9-15)17(20)21)16-10-6-14(7-11-16)18(22)23/h4-11H,3,12H2,1-2H3,(H,20,21)(H,22,23). The number of carboxylic acids is 2. The predicted octanol–water partition coefficient (Wildman–Crippen LogP) is 4.19. The lowest BCUT2D eigenvalue weighted by molar-refractivity contribution is 0.0686. The van der Waals surface area contributed by atoms with Gasteiger partial charge < -0.3 is 10.2 Å². The minimum absolute atomic E-state index is 0.258. The van der Waals surface area contributed by atoms with Gasteiger partial charge in [0.2, 0.25) is 0 Å². The second-order valence-corrected chi connectivity index (χ2v) is 5.85. The molecule has 23 heavy (non-hydrogen) atoms. The van der Waals surface area contributed by atoms with E-state index in [2.05, 4.69) is 13.8 Å². The van der Waals surface area contributed by atoms with E-state index in [-0.39, 0.29) is 16.5 Å². The average molecular weight is 312 g/mol. The zero-order chi connectivity index (χ0) is 17.0. The third-order valence-electron chi connectivity index (χ3n) is 4.29. The van der Waals surface area contributed by atoms with Crippen LogP contribution in [0.3, 0.4) is 0 Å². The van der Waals surface area contributed by atoms with Crippen molar-refractivity contribution in [1.29, 1.82) is 0 Å². The maximum Gasteiger partial charge on any atom is 0.335 e. The van der Waals surface area contributed by atoms with Crippen LogP contribution in [-0.2, 0) is 5.41 Å². The van der Waals surface area contributed by atoms with Crippen LogP contribution in [0.4, 0.5) is 0 Å². The maximum atomic E-state index is 11.0. The van der Waals surface area contributed by atoms with E-state index in [0.29, 0.717) is 0 Å². The van der Waals surface area contributed by atoms with Gasteiger partial charge in [-0.2, -0.15) is 0 Å². The van der Waals surface area contributed by atoms with E-state index in [0.717, 1.165) is 24.0 Å². The molecule has 2 rings (SSSR count). The van der Waals surface area contributed by atoms with Crippen molar-refractivity contribution < 1.29 is 19.8 Å². The monoisotopic (exact) mass is 312 g/mol. The van der Waals surface area contributed by atoms with Gasteiger partial charge in [0.05, 0.1) is 11.1 Å². The Labute approximate surface area is 135 Å². The zero-order valence-electron chi connectivity index (χ0n) is 13.2. The van der Waals surface area contributed by atoms with E-state index in [1.54, 1.807) is 24.3 Å². The van der Waals surface area contributed by atoms with Crippen molar-refractivity contribution in [2.24, 2.45) is 0 Å². The third kappa shape index (κ3) is 3.42. The molecule has 0 aromatic heterocycles. The second-order valence-electron chi connectivity index (χ2n) is 5.85. The van der Waals surface area contributed by atoms with Gasteiger partial charge in [-0.05, 0) is 41.8 Å². The molecular weight excluding hydrogens is 292 g/mol. The number of hydrogen-bond donors (Lipinski definition) is 2. The number of benzene rings is 2. The van der Waals surface area contributed by atoms with Crippen molar-refractivity contribution >= 4 is 11.9 Å². The number of hydrogen-bond acceptors (Lipinski definition) is 2. The molecule has 0 amide bonds. The van der Waals surface area contributed by atoms with Crippen LogP contribution in [0.1, 0.15) is 58.5 Å². The van der Waals surface area contributed by atoms with Crippen LogP contribution >= 0.6 is 0 Å². The highest BCUT2D eigenvalue weighted by atomic mass is 16.4. The van der Waals surface area contributed by atoms with Gasteiger partial charge in [-0.25, -0.2) is 9.59 Å². The molecule has 0 saturated heterocycles. The van der Waals surface area contributed by atoms with Gasteiger partial charge in [0.25, 0.3) is 0 Å². The summed E-state index contributed by atoms with van der Waals surface area (Å²) in [7, 11) is 0. The van der Waals surface area contributed by atoms with Crippen LogP contribution in [0, 0.1) is 0 Å². The van der Waals surface area contributed by atoms with E-state index < -0.39 is 11.9 Å². The fourth-order valence-corrected chi connectivity index (χ4v) is 2.92. The molecular formula is C19H20O4. The van der Waals surface area contributed by atoms with Gasteiger partial charge in [-0.15, -0.1) is 0 Å². The van der Waals surface area contributed by atoms with Crippen LogP contribution in [0.15, 0.2) is 48.5 Å². The normalized spacial score (nSPS) is 11.2. The van der Waals surface area contributed by atoms with Gasteiger partial charge >= 0.3 is 11.9 Å². The Bertz CT molecular complexity index is 642. The molecule has 2 aromatic carbocycles. The molecule has 120 valence electrons. The van der Waals surface area contributed by atoms with Crippen molar-refractivity contribution in [3.63, 3.8) is 0 Å². The first-order chi connectivity index (χ1) is 10.9. The third-order valence-corrected chi connectivity index (χ3v) is 4.29. The summed E-state index contributed by atoms with van der Waals surface area (Å²) >= 11 is 0. The fourth-order valence-electron chi connectivity index (χ4n) is 2.92. The number of carboxylic acid groups (broad SMARTS) is 2. The van der Waals surface area contributed by atoms with E-state index in [9.17, 15) is 9.59 Å². The summed E-state index contributed by atoms with van der Waals surface area (Å²) in [6.07, 6.45) is 1.84. The summed E-state index contributed by atoms with van der Waals surface area (Å²) in [6.45, 7) is 4.19. The van der Waals surface area contributed by atoms with Crippen LogP contribution in [0.5, 0.6) is 0 Å². The Hall–Kier alpha value is -2.62. The molecule has 2 N–H and O–H groups in total. The molecule has 0 aliphatic carbocycles. The Morgan fingerprint density at radius 3 is 1.43 bits per heavy atom. The Kier molecular flexibility index (Phi) is 4.84. The molecule has 0 spiro atoms. The van der Waals surface area contributed by atoms with Gasteiger partial charge in [0.15, 0.2) is 0 Å². The highest BCUT2D eigenvalue weighted by Gasteiger charge is 2.28. The molecule has 0 bridgehead atoms.